The molecule has 0 amide bonds. The van der Waals surface area contributed by atoms with Crippen LogP contribution in [0.4, 0.5) is 5.69 Å². The van der Waals surface area contributed by atoms with E-state index in [1.54, 1.807) is 7.11 Å². The van der Waals surface area contributed by atoms with Crippen molar-refractivity contribution < 1.29 is 4.74 Å². The number of likely N-dealkylation sites (N-methyl/N-ethyl adjacent to an activating group) is 1. The van der Waals surface area contributed by atoms with E-state index in [9.17, 15) is 0 Å². The molecule has 1 N–H and O–H groups in total. The van der Waals surface area contributed by atoms with E-state index in [4.69, 9.17) is 4.74 Å². The molecular formula is C16H27N3O. The minimum Gasteiger partial charge on any atom is -0.383 e. The van der Waals surface area contributed by atoms with Crippen molar-refractivity contribution in [3.05, 3.63) is 29.8 Å². The van der Waals surface area contributed by atoms with Gasteiger partial charge in [0.2, 0.25) is 0 Å². The zero-order chi connectivity index (χ0) is 14.4. The van der Waals surface area contributed by atoms with Crippen molar-refractivity contribution in [1.29, 1.82) is 0 Å². The van der Waals surface area contributed by atoms with E-state index in [-0.39, 0.29) is 0 Å². The lowest BCUT2D eigenvalue weighted by Crippen LogP contribution is -2.50. The van der Waals surface area contributed by atoms with Crippen LogP contribution in [-0.2, 0) is 11.3 Å². The Bertz CT molecular complexity index is 393. The van der Waals surface area contributed by atoms with Crippen molar-refractivity contribution in [2.24, 2.45) is 0 Å². The first kappa shape index (κ1) is 15.3. The minimum absolute atomic E-state index is 0.583. The smallest absolute Gasteiger partial charge is 0.0587 e. The Morgan fingerprint density at radius 3 is 2.65 bits per heavy atom. The van der Waals surface area contributed by atoms with Gasteiger partial charge in [-0.25, -0.2) is 0 Å². The summed E-state index contributed by atoms with van der Waals surface area (Å²) in [6.45, 7) is 8.26. The maximum atomic E-state index is 5.03. The molecule has 0 bridgehead atoms. The van der Waals surface area contributed by atoms with E-state index in [1.165, 1.54) is 11.3 Å². The predicted octanol–water partition coefficient (Wildman–Crippen LogP) is 1.56. The molecular weight excluding hydrogens is 250 g/mol. The van der Waals surface area contributed by atoms with Crippen LogP contribution < -0.4 is 10.2 Å². The number of anilines is 1. The second kappa shape index (κ2) is 7.62. The van der Waals surface area contributed by atoms with Crippen molar-refractivity contribution in [1.82, 2.24) is 10.2 Å². The Morgan fingerprint density at radius 2 is 2.00 bits per heavy atom. The second-order valence-electron chi connectivity index (χ2n) is 5.64. The van der Waals surface area contributed by atoms with Crippen LogP contribution in [0.1, 0.15) is 12.5 Å². The van der Waals surface area contributed by atoms with Gasteiger partial charge in [0.1, 0.15) is 0 Å². The van der Waals surface area contributed by atoms with Gasteiger partial charge in [-0.15, -0.1) is 0 Å². The van der Waals surface area contributed by atoms with Crippen LogP contribution in [-0.4, -0.2) is 57.9 Å². The van der Waals surface area contributed by atoms with Crippen molar-refractivity contribution in [2.45, 2.75) is 19.5 Å². The number of ether oxygens (including phenoxy) is 1. The van der Waals surface area contributed by atoms with Gasteiger partial charge in [-0.3, -0.25) is 0 Å². The van der Waals surface area contributed by atoms with Crippen molar-refractivity contribution >= 4 is 5.69 Å². The molecule has 1 aromatic carbocycles. The molecule has 20 heavy (non-hydrogen) atoms. The molecule has 1 unspecified atom stereocenters. The summed E-state index contributed by atoms with van der Waals surface area (Å²) in [5.41, 5.74) is 2.66. The minimum atomic E-state index is 0.583. The first-order valence-electron chi connectivity index (χ1n) is 7.44. The fraction of sp³-hybridized carbons (Fsp3) is 0.625. The molecule has 1 heterocycles. The lowest BCUT2D eigenvalue weighted by atomic mass is 10.1. The van der Waals surface area contributed by atoms with Crippen molar-refractivity contribution in [2.75, 3.05) is 51.8 Å². The van der Waals surface area contributed by atoms with Gasteiger partial charge in [-0.2, -0.15) is 0 Å². The molecule has 1 atom stereocenters. The van der Waals surface area contributed by atoms with Crippen LogP contribution in [0, 0.1) is 0 Å². The lowest BCUT2D eigenvalue weighted by Gasteiger charge is -2.39. The monoisotopic (exact) mass is 277 g/mol. The third-order valence-corrected chi connectivity index (χ3v) is 3.91. The van der Waals surface area contributed by atoms with Crippen LogP contribution in [0.5, 0.6) is 0 Å². The molecule has 2 rings (SSSR count). The van der Waals surface area contributed by atoms with Crippen LogP contribution in [0.2, 0.25) is 0 Å². The number of nitrogens with zero attached hydrogens (tertiary/aromatic N) is 2. The molecule has 1 aromatic rings. The maximum absolute atomic E-state index is 5.03. The van der Waals surface area contributed by atoms with E-state index < -0.39 is 0 Å². The Labute approximate surface area is 122 Å². The molecule has 1 saturated heterocycles. The molecule has 0 radical (unpaired) electrons. The van der Waals surface area contributed by atoms with Gasteiger partial charge in [-0.1, -0.05) is 12.1 Å². The quantitative estimate of drug-likeness (QED) is 0.799. The molecule has 4 nitrogen and oxygen atoms in total. The lowest BCUT2D eigenvalue weighted by molar-refractivity contribution is 0.199. The van der Waals surface area contributed by atoms with E-state index in [1.807, 2.05) is 0 Å². The number of methoxy groups -OCH3 is 1. The normalized spacial score (nSPS) is 20.4. The fourth-order valence-electron chi connectivity index (χ4n) is 2.74. The third-order valence-electron chi connectivity index (χ3n) is 3.91. The molecule has 1 aliphatic rings. The van der Waals surface area contributed by atoms with Gasteiger partial charge < -0.3 is 19.9 Å². The standard InChI is InChI=1S/C16H27N3O/c1-14-13-18(2)9-10-19(14)16-6-4-15(5-7-16)12-17-8-11-20-3/h4-7,14,17H,8-13H2,1-3H3. The van der Waals surface area contributed by atoms with E-state index in [0.717, 1.165) is 39.3 Å². The van der Waals surface area contributed by atoms with Gasteiger partial charge in [0, 0.05) is 51.6 Å². The third kappa shape index (κ3) is 4.20. The Hall–Kier alpha value is -1.10. The highest BCUT2D eigenvalue weighted by Crippen LogP contribution is 2.20. The van der Waals surface area contributed by atoms with Gasteiger partial charge in [0.15, 0.2) is 0 Å². The Kier molecular flexibility index (Phi) is 5.83. The summed E-state index contributed by atoms with van der Waals surface area (Å²) in [6, 6.07) is 9.52. The van der Waals surface area contributed by atoms with E-state index >= 15 is 0 Å². The first-order valence-corrected chi connectivity index (χ1v) is 7.44. The molecule has 112 valence electrons. The summed E-state index contributed by atoms with van der Waals surface area (Å²) < 4.78 is 5.03. The highest BCUT2D eigenvalue weighted by Gasteiger charge is 2.21. The Balaban J connectivity index is 1.87. The molecule has 1 fully saturated rings. The topological polar surface area (TPSA) is 27.7 Å². The summed E-state index contributed by atoms with van der Waals surface area (Å²) in [6.07, 6.45) is 0. The Morgan fingerprint density at radius 1 is 1.25 bits per heavy atom. The molecule has 4 heteroatoms. The van der Waals surface area contributed by atoms with Gasteiger partial charge in [0.05, 0.1) is 6.61 Å². The molecule has 0 spiro atoms. The zero-order valence-corrected chi connectivity index (χ0v) is 12.9. The first-order chi connectivity index (χ1) is 9.70. The van der Waals surface area contributed by atoms with E-state index in [2.05, 4.69) is 53.4 Å². The number of rotatable bonds is 6. The largest absolute Gasteiger partial charge is 0.383 e. The highest BCUT2D eigenvalue weighted by atomic mass is 16.5. The van der Waals surface area contributed by atoms with Crippen molar-refractivity contribution in [3.8, 4) is 0 Å². The summed E-state index contributed by atoms with van der Waals surface area (Å²) >= 11 is 0. The summed E-state index contributed by atoms with van der Waals surface area (Å²) in [7, 11) is 3.93. The summed E-state index contributed by atoms with van der Waals surface area (Å²) in [5, 5.41) is 3.37. The molecule has 1 aliphatic heterocycles. The summed E-state index contributed by atoms with van der Waals surface area (Å²) in [5.74, 6) is 0. The van der Waals surface area contributed by atoms with Crippen LogP contribution in [0.3, 0.4) is 0 Å². The fourth-order valence-corrected chi connectivity index (χ4v) is 2.74. The average molecular weight is 277 g/mol. The second-order valence-corrected chi connectivity index (χ2v) is 5.64. The maximum Gasteiger partial charge on any atom is 0.0587 e. The van der Waals surface area contributed by atoms with E-state index in [0.29, 0.717) is 6.04 Å². The average Bonchev–Trinajstić information content (AvgIpc) is 2.45. The highest BCUT2D eigenvalue weighted by molar-refractivity contribution is 5.49. The summed E-state index contributed by atoms with van der Waals surface area (Å²) in [4.78, 5) is 4.90. The van der Waals surface area contributed by atoms with Gasteiger partial charge in [-0.05, 0) is 31.7 Å². The molecule has 0 aliphatic carbocycles. The zero-order valence-electron chi connectivity index (χ0n) is 12.9. The number of hydrogen-bond donors (Lipinski definition) is 1. The SMILES string of the molecule is COCCNCc1ccc(N2CCN(C)CC2C)cc1. The van der Waals surface area contributed by atoms with Crippen LogP contribution in [0.25, 0.3) is 0 Å². The molecule has 0 aromatic heterocycles. The van der Waals surface area contributed by atoms with Crippen LogP contribution in [0.15, 0.2) is 24.3 Å². The number of benzene rings is 1. The number of piperazine rings is 1. The number of hydrogen-bond acceptors (Lipinski definition) is 4. The predicted molar refractivity (Wildman–Crippen MR) is 84.3 cm³/mol. The van der Waals surface area contributed by atoms with Gasteiger partial charge in [0.25, 0.3) is 0 Å². The van der Waals surface area contributed by atoms with Crippen molar-refractivity contribution in [3.63, 3.8) is 0 Å². The molecule has 0 saturated carbocycles. The van der Waals surface area contributed by atoms with Gasteiger partial charge >= 0.3 is 0 Å². The number of nitrogens with one attached hydrogen (secondary N) is 1. The van der Waals surface area contributed by atoms with Crippen LogP contribution >= 0.6 is 0 Å².